The summed E-state index contributed by atoms with van der Waals surface area (Å²) in [6, 6.07) is 9.97. The molecule has 1 amide bonds. The molecule has 0 saturated carbocycles. The van der Waals surface area contributed by atoms with Gasteiger partial charge in [0.1, 0.15) is 0 Å². The lowest BCUT2D eigenvalue weighted by atomic mass is 10.1. The molecule has 6 nitrogen and oxygen atoms in total. The third-order valence-electron chi connectivity index (χ3n) is 3.61. The molecule has 3 N–H and O–H groups in total. The van der Waals surface area contributed by atoms with Crippen molar-refractivity contribution in [3.05, 3.63) is 47.5 Å². The topological polar surface area (TPSA) is 82.8 Å². The van der Waals surface area contributed by atoms with Gasteiger partial charge >= 0.3 is 6.61 Å². The number of hydrogen-bond donors (Lipinski definition) is 2. The number of nitrogens with one attached hydrogen (secondary N) is 1. The highest BCUT2D eigenvalue weighted by Crippen LogP contribution is 2.39. The van der Waals surface area contributed by atoms with E-state index in [1.54, 1.807) is 12.1 Å². The zero-order valence-electron chi connectivity index (χ0n) is 14.8. The standard InChI is InChI=1S/C18H20F2N2O4.ClH/c1-24-14-9-12(10-15(25-2)16(14)26-18(19)20)17(23)22-8-7-11-3-5-13(21)6-4-11;/h3-6,9-10,18H,7-8,21H2,1-2H3,(H,22,23);1H. The number of amides is 1. The van der Waals surface area contributed by atoms with Gasteiger partial charge in [0.15, 0.2) is 11.5 Å². The molecule has 2 aromatic rings. The van der Waals surface area contributed by atoms with Crippen LogP contribution in [0.1, 0.15) is 15.9 Å². The molecular formula is C18H21ClF2N2O4. The third-order valence-corrected chi connectivity index (χ3v) is 3.61. The quantitative estimate of drug-likeness (QED) is 0.662. The van der Waals surface area contributed by atoms with Gasteiger partial charge in [-0.05, 0) is 36.2 Å². The molecule has 148 valence electrons. The van der Waals surface area contributed by atoms with Crippen molar-refractivity contribution in [3.8, 4) is 17.2 Å². The van der Waals surface area contributed by atoms with Gasteiger partial charge < -0.3 is 25.3 Å². The predicted octanol–water partition coefficient (Wildman–Crippen LogP) is 3.28. The summed E-state index contributed by atoms with van der Waals surface area (Å²) in [5.41, 5.74) is 7.53. The van der Waals surface area contributed by atoms with Crippen LogP contribution in [0, 0.1) is 0 Å². The molecular weight excluding hydrogens is 382 g/mol. The molecule has 2 aromatic carbocycles. The lowest BCUT2D eigenvalue weighted by Crippen LogP contribution is -2.25. The first-order chi connectivity index (χ1) is 12.4. The Hall–Kier alpha value is -2.74. The van der Waals surface area contributed by atoms with Crippen LogP contribution in [0.15, 0.2) is 36.4 Å². The highest BCUT2D eigenvalue weighted by Gasteiger charge is 2.20. The highest BCUT2D eigenvalue weighted by atomic mass is 35.5. The molecule has 0 unspecified atom stereocenters. The van der Waals surface area contributed by atoms with E-state index in [0.717, 1.165) is 5.56 Å². The van der Waals surface area contributed by atoms with Crippen molar-refractivity contribution in [3.63, 3.8) is 0 Å². The fourth-order valence-corrected chi connectivity index (χ4v) is 2.32. The number of anilines is 1. The Kier molecular flexibility index (Phi) is 8.61. The summed E-state index contributed by atoms with van der Waals surface area (Å²) in [7, 11) is 2.58. The minimum atomic E-state index is -3.04. The molecule has 0 spiro atoms. The van der Waals surface area contributed by atoms with Gasteiger partial charge in [0.25, 0.3) is 5.91 Å². The van der Waals surface area contributed by atoms with Crippen LogP contribution in [0.25, 0.3) is 0 Å². The molecule has 27 heavy (non-hydrogen) atoms. The van der Waals surface area contributed by atoms with Gasteiger partial charge in [-0.1, -0.05) is 12.1 Å². The van der Waals surface area contributed by atoms with E-state index < -0.39 is 6.61 Å². The van der Waals surface area contributed by atoms with Gasteiger partial charge in [-0.2, -0.15) is 8.78 Å². The van der Waals surface area contributed by atoms with E-state index >= 15 is 0 Å². The second-order valence-electron chi connectivity index (χ2n) is 5.34. The van der Waals surface area contributed by atoms with E-state index in [1.807, 2.05) is 12.1 Å². The maximum Gasteiger partial charge on any atom is 0.387 e. The van der Waals surface area contributed by atoms with Gasteiger partial charge in [-0.15, -0.1) is 12.4 Å². The zero-order valence-corrected chi connectivity index (χ0v) is 15.6. The molecule has 0 bridgehead atoms. The fourth-order valence-electron chi connectivity index (χ4n) is 2.32. The van der Waals surface area contributed by atoms with Crippen molar-refractivity contribution in [2.75, 3.05) is 26.5 Å². The molecule has 0 heterocycles. The molecule has 0 saturated heterocycles. The summed E-state index contributed by atoms with van der Waals surface area (Å²) in [6.45, 7) is -2.65. The molecule has 0 fully saturated rings. The van der Waals surface area contributed by atoms with E-state index in [0.29, 0.717) is 18.7 Å². The number of ether oxygens (including phenoxy) is 3. The van der Waals surface area contributed by atoms with E-state index in [4.69, 9.17) is 15.2 Å². The summed E-state index contributed by atoms with van der Waals surface area (Å²) in [5, 5.41) is 2.75. The first-order valence-corrected chi connectivity index (χ1v) is 7.78. The number of rotatable bonds is 8. The Morgan fingerprint density at radius 2 is 1.67 bits per heavy atom. The number of halogens is 3. The number of carbonyl (C=O) groups excluding carboxylic acids is 1. The Morgan fingerprint density at radius 1 is 1.11 bits per heavy atom. The van der Waals surface area contributed by atoms with Crippen molar-refractivity contribution in [1.29, 1.82) is 0 Å². The Labute approximate surface area is 162 Å². The summed E-state index contributed by atoms with van der Waals surface area (Å²) in [6.07, 6.45) is 0.618. The largest absolute Gasteiger partial charge is 0.493 e. The number of benzene rings is 2. The number of methoxy groups -OCH3 is 2. The average Bonchev–Trinajstić information content (AvgIpc) is 2.62. The Morgan fingerprint density at radius 3 is 2.15 bits per heavy atom. The van der Waals surface area contributed by atoms with Crippen LogP contribution < -0.4 is 25.3 Å². The maximum atomic E-state index is 12.5. The molecule has 0 aliphatic heterocycles. The molecule has 0 radical (unpaired) electrons. The highest BCUT2D eigenvalue weighted by molar-refractivity contribution is 5.95. The Balaban J connectivity index is 0.00000364. The zero-order chi connectivity index (χ0) is 19.1. The van der Waals surface area contributed by atoms with Crippen molar-refractivity contribution >= 4 is 24.0 Å². The van der Waals surface area contributed by atoms with Gasteiger partial charge in [0, 0.05) is 17.8 Å². The molecule has 9 heteroatoms. The van der Waals surface area contributed by atoms with Gasteiger partial charge in [-0.3, -0.25) is 4.79 Å². The summed E-state index contributed by atoms with van der Waals surface area (Å²) in [5.74, 6) is -0.689. The SMILES string of the molecule is COc1cc(C(=O)NCCc2ccc(N)cc2)cc(OC)c1OC(F)F.Cl. The van der Waals surface area contributed by atoms with Gasteiger partial charge in [0.2, 0.25) is 5.75 Å². The van der Waals surface area contributed by atoms with Crippen LogP contribution in [-0.4, -0.2) is 33.3 Å². The lowest BCUT2D eigenvalue weighted by molar-refractivity contribution is -0.0526. The molecule has 0 atom stereocenters. The van der Waals surface area contributed by atoms with E-state index in [1.165, 1.54) is 26.4 Å². The molecule has 0 aliphatic rings. The van der Waals surface area contributed by atoms with Crippen molar-refractivity contribution in [2.24, 2.45) is 0 Å². The summed E-state index contributed by atoms with van der Waals surface area (Å²) >= 11 is 0. The van der Waals surface area contributed by atoms with Crippen LogP contribution in [0.5, 0.6) is 17.2 Å². The van der Waals surface area contributed by atoms with Crippen LogP contribution in [0.3, 0.4) is 0 Å². The second-order valence-corrected chi connectivity index (χ2v) is 5.34. The van der Waals surface area contributed by atoms with Gasteiger partial charge in [0.05, 0.1) is 14.2 Å². The van der Waals surface area contributed by atoms with E-state index in [9.17, 15) is 13.6 Å². The first-order valence-electron chi connectivity index (χ1n) is 7.78. The second kappa shape index (κ2) is 10.4. The van der Waals surface area contributed by atoms with Crippen molar-refractivity contribution in [1.82, 2.24) is 5.32 Å². The third kappa shape index (κ3) is 6.18. The maximum absolute atomic E-state index is 12.5. The van der Waals surface area contributed by atoms with Crippen LogP contribution in [0.4, 0.5) is 14.5 Å². The van der Waals surface area contributed by atoms with Crippen LogP contribution >= 0.6 is 12.4 Å². The number of nitrogen functional groups attached to an aromatic ring is 1. The number of alkyl halides is 2. The summed E-state index contributed by atoms with van der Waals surface area (Å²) < 4.78 is 39.6. The van der Waals surface area contributed by atoms with Crippen LogP contribution in [0.2, 0.25) is 0 Å². The average molecular weight is 403 g/mol. The molecule has 0 aliphatic carbocycles. The summed E-state index contributed by atoms with van der Waals surface area (Å²) in [4.78, 5) is 12.3. The lowest BCUT2D eigenvalue weighted by Gasteiger charge is -2.15. The Bertz CT molecular complexity index is 733. The van der Waals surface area contributed by atoms with E-state index in [-0.39, 0.29) is 41.1 Å². The fraction of sp³-hybridized carbons (Fsp3) is 0.278. The minimum Gasteiger partial charge on any atom is -0.493 e. The minimum absolute atomic E-state index is 0. The van der Waals surface area contributed by atoms with Crippen molar-refractivity contribution < 1.29 is 27.8 Å². The smallest absolute Gasteiger partial charge is 0.387 e. The monoisotopic (exact) mass is 402 g/mol. The predicted molar refractivity (Wildman–Crippen MR) is 100 cm³/mol. The molecule has 0 aromatic heterocycles. The van der Waals surface area contributed by atoms with Crippen molar-refractivity contribution in [2.45, 2.75) is 13.0 Å². The molecule has 2 rings (SSSR count). The van der Waals surface area contributed by atoms with E-state index in [2.05, 4.69) is 10.1 Å². The number of nitrogens with two attached hydrogens (primary N) is 1. The first kappa shape index (κ1) is 22.3. The van der Waals surface area contributed by atoms with Crippen LogP contribution in [-0.2, 0) is 6.42 Å². The normalized spacial score (nSPS) is 10.1. The number of hydrogen-bond acceptors (Lipinski definition) is 5. The number of carbonyl (C=O) groups is 1. The van der Waals surface area contributed by atoms with Gasteiger partial charge in [-0.25, -0.2) is 0 Å².